The molecule has 1 aromatic rings. The van der Waals surface area contributed by atoms with Gasteiger partial charge >= 0.3 is 6.09 Å². The Bertz CT molecular complexity index is 555. The Kier molecular flexibility index (Phi) is 7.68. The van der Waals surface area contributed by atoms with Crippen molar-refractivity contribution in [1.82, 2.24) is 10.2 Å². The summed E-state index contributed by atoms with van der Waals surface area (Å²) in [6.45, 7) is 8.57. The van der Waals surface area contributed by atoms with E-state index in [2.05, 4.69) is 5.32 Å². The van der Waals surface area contributed by atoms with Crippen LogP contribution in [0, 0.1) is 5.82 Å². The molecule has 0 radical (unpaired) electrons. The van der Waals surface area contributed by atoms with E-state index in [1.165, 1.54) is 12.1 Å². The van der Waals surface area contributed by atoms with Gasteiger partial charge in [0.25, 0.3) is 0 Å². The number of ether oxygens (including phenoxy) is 1. The van der Waals surface area contributed by atoms with Crippen LogP contribution in [0.4, 0.5) is 9.18 Å². The van der Waals surface area contributed by atoms with E-state index in [9.17, 15) is 14.0 Å². The van der Waals surface area contributed by atoms with E-state index < -0.39 is 11.7 Å². The van der Waals surface area contributed by atoms with Crippen LogP contribution < -0.4 is 5.32 Å². The first-order valence-electron chi connectivity index (χ1n) is 8.20. The third-order valence-corrected chi connectivity index (χ3v) is 3.23. The number of alkyl carbamates (subject to hydrolysis) is 1. The molecule has 0 aliphatic carbocycles. The van der Waals surface area contributed by atoms with Crippen LogP contribution in [0.5, 0.6) is 0 Å². The first kappa shape index (κ1) is 19.9. The topological polar surface area (TPSA) is 58.6 Å². The molecule has 0 aliphatic heterocycles. The van der Waals surface area contributed by atoms with Crippen molar-refractivity contribution >= 4 is 12.0 Å². The number of benzene rings is 1. The molecule has 0 aromatic heterocycles. The molecule has 0 atom stereocenters. The summed E-state index contributed by atoms with van der Waals surface area (Å²) in [5.41, 5.74) is 0.223. The lowest BCUT2D eigenvalue weighted by Crippen LogP contribution is -2.34. The molecule has 1 rings (SSSR count). The number of rotatable bonds is 7. The van der Waals surface area contributed by atoms with E-state index in [1.54, 1.807) is 37.8 Å². The standard InChI is InChI=1S/C18H27FN2O3/c1-5-21(13-14-8-6-9-15(19)12-14)16(22)10-7-11-20-17(23)24-18(2,3)4/h6,8-9,12H,5,7,10-11,13H2,1-4H3,(H,20,23). The van der Waals surface area contributed by atoms with Crippen LogP contribution in [0.3, 0.4) is 0 Å². The summed E-state index contributed by atoms with van der Waals surface area (Å²) in [5.74, 6) is -0.328. The van der Waals surface area contributed by atoms with Crippen molar-refractivity contribution in [2.75, 3.05) is 13.1 Å². The SMILES string of the molecule is CCN(Cc1cccc(F)c1)C(=O)CCCNC(=O)OC(C)(C)C. The van der Waals surface area contributed by atoms with E-state index >= 15 is 0 Å². The molecule has 0 aliphatic rings. The van der Waals surface area contributed by atoms with Gasteiger partial charge in [0.05, 0.1) is 0 Å². The molecule has 0 unspecified atom stereocenters. The zero-order chi connectivity index (χ0) is 18.2. The molecule has 134 valence electrons. The zero-order valence-electron chi connectivity index (χ0n) is 14.9. The second-order valence-electron chi connectivity index (χ2n) is 6.57. The summed E-state index contributed by atoms with van der Waals surface area (Å²) in [7, 11) is 0. The maximum Gasteiger partial charge on any atom is 0.407 e. The van der Waals surface area contributed by atoms with Gasteiger partial charge in [-0.15, -0.1) is 0 Å². The van der Waals surface area contributed by atoms with Gasteiger partial charge in [0, 0.05) is 26.1 Å². The normalized spacial score (nSPS) is 11.0. The van der Waals surface area contributed by atoms with Gasteiger partial charge in [-0.25, -0.2) is 9.18 Å². The molecule has 24 heavy (non-hydrogen) atoms. The molecule has 0 saturated heterocycles. The van der Waals surface area contributed by atoms with Gasteiger partial charge in [-0.2, -0.15) is 0 Å². The first-order valence-corrected chi connectivity index (χ1v) is 8.20. The third kappa shape index (κ3) is 7.94. The first-order chi connectivity index (χ1) is 11.2. The van der Waals surface area contributed by atoms with Gasteiger partial charge < -0.3 is 15.0 Å². The van der Waals surface area contributed by atoms with Crippen LogP contribution in [-0.4, -0.2) is 35.6 Å². The fourth-order valence-corrected chi connectivity index (χ4v) is 2.13. The second kappa shape index (κ2) is 9.25. The van der Waals surface area contributed by atoms with Gasteiger partial charge in [-0.3, -0.25) is 4.79 Å². The number of carbonyl (C=O) groups is 2. The van der Waals surface area contributed by atoms with Crippen LogP contribution in [-0.2, 0) is 16.1 Å². The maximum absolute atomic E-state index is 13.2. The maximum atomic E-state index is 13.2. The summed E-state index contributed by atoms with van der Waals surface area (Å²) in [4.78, 5) is 25.4. The molecule has 1 aromatic carbocycles. The summed E-state index contributed by atoms with van der Waals surface area (Å²) in [6.07, 6.45) is 0.360. The van der Waals surface area contributed by atoms with Crippen LogP contribution in [0.1, 0.15) is 46.1 Å². The molecule has 5 nitrogen and oxygen atoms in total. The number of hydrogen-bond acceptors (Lipinski definition) is 3. The van der Waals surface area contributed by atoms with Gasteiger partial charge in [-0.05, 0) is 51.8 Å². The molecule has 2 amide bonds. The fraction of sp³-hybridized carbons (Fsp3) is 0.556. The van der Waals surface area contributed by atoms with Crippen LogP contribution in [0.2, 0.25) is 0 Å². The lowest BCUT2D eigenvalue weighted by atomic mass is 10.2. The predicted octanol–water partition coefficient (Wildman–Crippen LogP) is 3.48. The lowest BCUT2D eigenvalue weighted by molar-refractivity contribution is -0.131. The van der Waals surface area contributed by atoms with Crippen molar-refractivity contribution in [2.24, 2.45) is 0 Å². The van der Waals surface area contributed by atoms with E-state index in [1.807, 2.05) is 6.92 Å². The smallest absolute Gasteiger partial charge is 0.407 e. The average molecular weight is 338 g/mol. The molecular weight excluding hydrogens is 311 g/mol. The number of amides is 2. The highest BCUT2D eigenvalue weighted by atomic mass is 19.1. The molecule has 0 heterocycles. The molecule has 0 spiro atoms. The van der Waals surface area contributed by atoms with Crippen molar-refractivity contribution in [3.8, 4) is 0 Å². The highest BCUT2D eigenvalue weighted by Gasteiger charge is 2.16. The van der Waals surface area contributed by atoms with E-state index in [4.69, 9.17) is 4.74 Å². The quantitative estimate of drug-likeness (QED) is 0.774. The van der Waals surface area contributed by atoms with E-state index in [-0.39, 0.29) is 11.7 Å². The van der Waals surface area contributed by atoms with Crippen molar-refractivity contribution in [3.05, 3.63) is 35.6 Å². The highest BCUT2D eigenvalue weighted by Crippen LogP contribution is 2.09. The largest absolute Gasteiger partial charge is 0.444 e. The Morgan fingerprint density at radius 1 is 1.29 bits per heavy atom. The average Bonchev–Trinajstić information content (AvgIpc) is 2.47. The number of halogens is 1. The van der Waals surface area contributed by atoms with Gasteiger partial charge in [0.2, 0.25) is 5.91 Å². The van der Waals surface area contributed by atoms with Gasteiger partial charge in [0.15, 0.2) is 0 Å². The van der Waals surface area contributed by atoms with Crippen molar-refractivity contribution < 1.29 is 18.7 Å². The molecule has 0 saturated carbocycles. The number of nitrogens with zero attached hydrogens (tertiary/aromatic N) is 1. The van der Waals surface area contributed by atoms with E-state index in [0.29, 0.717) is 32.5 Å². The summed E-state index contributed by atoms with van der Waals surface area (Å²) >= 11 is 0. The number of hydrogen-bond donors (Lipinski definition) is 1. The second-order valence-corrected chi connectivity index (χ2v) is 6.57. The molecule has 0 fully saturated rings. The van der Waals surface area contributed by atoms with Crippen molar-refractivity contribution in [3.63, 3.8) is 0 Å². The van der Waals surface area contributed by atoms with Gasteiger partial charge in [0.1, 0.15) is 11.4 Å². The summed E-state index contributed by atoms with van der Waals surface area (Å²) in [6, 6.07) is 6.24. The summed E-state index contributed by atoms with van der Waals surface area (Å²) in [5, 5.41) is 2.63. The van der Waals surface area contributed by atoms with Crippen LogP contribution in [0.25, 0.3) is 0 Å². The minimum absolute atomic E-state index is 0.0206. The molecule has 6 heteroatoms. The lowest BCUT2D eigenvalue weighted by Gasteiger charge is -2.21. The Morgan fingerprint density at radius 2 is 2.00 bits per heavy atom. The number of carbonyl (C=O) groups excluding carboxylic acids is 2. The summed E-state index contributed by atoms with van der Waals surface area (Å²) < 4.78 is 18.3. The monoisotopic (exact) mass is 338 g/mol. The molecule has 1 N–H and O–H groups in total. The number of nitrogens with one attached hydrogen (secondary N) is 1. The molecular formula is C18H27FN2O3. The Hall–Kier alpha value is -2.11. The third-order valence-electron chi connectivity index (χ3n) is 3.23. The highest BCUT2D eigenvalue weighted by molar-refractivity contribution is 5.76. The van der Waals surface area contributed by atoms with Crippen LogP contribution in [0.15, 0.2) is 24.3 Å². The van der Waals surface area contributed by atoms with E-state index in [0.717, 1.165) is 5.56 Å². The van der Waals surface area contributed by atoms with Crippen molar-refractivity contribution in [2.45, 2.75) is 52.7 Å². The Labute approximate surface area is 143 Å². The Balaban J connectivity index is 2.36. The predicted molar refractivity (Wildman–Crippen MR) is 91.0 cm³/mol. The van der Waals surface area contributed by atoms with Crippen LogP contribution >= 0.6 is 0 Å². The zero-order valence-corrected chi connectivity index (χ0v) is 14.9. The minimum Gasteiger partial charge on any atom is -0.444 e. The van der Waals surface area contributed by atoms with Crippen molar-refractivity contribution in [1.29, 1.82) is 0 Å². The minimum atomic E-state index is -0.538. The fourth-order valence-electron chi connectivity index (χ4n) is 2.13. The Morgan fingerprint density at radius 3 is 2.58 bits per heavy atom. The molecule has 0 bridgehead atoms. The van der Waals surface area contributed by atoms with Gasteiger partial charge in [-0.1, -0.05) is 12.1 Å².